The zero-order chi connectivity index (χ0) is 11.7. The van der Waals surface area contributed by atoms with E-state index >= 15 is 0 Å². The van der Waals surface area contributed by atoms with Crippen molar-refractivity contribution in [2.24, 2.45) is 0 Å². The number of benzene rings is 1. The van der Waals surface area contributed by atoms with E-state index in [0.717, 1.165) is 0 Å². The monoisotopic (exact) mass is 210 g/mol. The Labute approximate surface area is 100 Å². The van der Waals surface area contributed by atoms with E-state index < -0.39 is 10.6 Å². The highest BCUT2D eigenvalue weighted by molar-refractivity contribution is 6.43. The fourth-order valence-corrected chi connectivity index (χ4v) is 1.46. The Morgan fingerprint density at radius 2 is 1.53 bits per heavy atom. The van der Waals surface area contributed by atoms with Crippen molar-refractivity contribution in [2.75, 3.05) is 0 Å². The molecule has 0 spiro atoms. The lowest BCUT2D eigenvalue weighted by Crippen LogP contribution is -2.41. The summed E-state index contributed by atoms with van der Waals surface area (Å²) in [5.41, 5.74) is 0.598. The molecule has 1 N–H and O–H groups in total. The third kappa shape index (κ3) is 4.00. The first-order valence-electron chi connectivity index (χ1n) is 4.35. The second-order valence-corrected chi connectivity index (χ2v) is 4.15. The third-order valence-corrected chi connectivity index (χ3v) is 2.21. The van der Waals surface area contributed by atoms with Crippen LogP contribution in [0.5, 0.6) is 0 Å². The molecular formula is C9H7B4ClO. The molecule has 8 radical (unpaired) electrons. The lowest BCUT2D eigenvalue weighted by molar-refractivity contribution is 0.196. The minimum absolute atomic E-state index is 0.165. The maximum atomic E-state index is 9.24. The molecule has 15 heavy (non-hydrogen) atoms. The van der Waals surface area contributed by atoms with Crippen LogP contribution in [0.3, 0.4) is 0 Å². The van der Waals surface area contributed by atoms with Gasteiger partial charge >= 0.3 is 0 Å². The van der Waals surface area contributed by atoms with Crippen molar-refractivity contribution >= 4 is 43.0 Å². The van der Waals surface area contributed by atoms with E-state index in [2.05, 4.69) is 0 Å². The smallest absolute Gasteiger partial charge is 0.0989 e. The van der Waals surface area contributed by atoms with Crippen LogP contribution in [-0.4, -0.2) is 41.9 Å². The molecular weight excluding hydrogens is 203 g/mol. The van der Waals surface area contributed by atoms with E-state index in [1.54, 1.807) is 24.3 Å². The van der Waals surface area contributed by atoms with Crippen LogP contribution in [0.15, 0.2) is 24.3 Å². The minimum atomic E-state index is -1.90. The third-order valence-electron chi connectivity index (χ3n) is 1.96. The molecule has 1 rings (SSSR count). The Bertz CT molecular complexity index is 331. The first-order chi connectivity index (χ1) is 6.71. The van der Waals surface area contributed by atoms with Crippen LogP contribution in [0.4, 0.5) is 0 Å². The summed E-state index contributed by atoms with van der Waals surface area (Å²) in [4.78, 5) is 0. The van der Waals surface area contributed by atoms with Crippen molar-refractivity contribution in [3.8, 4) is 0 Å². The van der Waals surface area contributed by atoms with Crippen molar-refractivity contribution in [2.45, 2.75) is 17.0 Å². The van der Waals surface area contributed by atoms with Crippen molar-refractivity contribution < 1.29 is 5.11 Å². The quantitative estimate of drug-likeness (QED) is 0.706. The molecule has 0 unspecified atom stereocenters. The van der Waals surface area contributed by atoms with Gasteiger partial charge in [0.05, 0.1) is 31.4 Å². The minimum Gasteiger partial charge on any atom is -0.409 e. The molecule has 68 valence electrons. The molecule has 0 atom stereocenters. The highest BCUT2D eigenvalue weighted by Crippen LogP contribution is 2.25. The van der Waals surface area contributed by atoms with Crippen LogP contribution in [0.25, 0.3) is 0 Å². The number of hydrogen-bond acceptors (Lipinski definition) is 1. The summed E-state index contributed by atoms with van der Waals surface area (Å²) in [6.07, 6.45) is -0.165. The lowest BCUT2D eigenvalue weighted by atomic mass is 9.43. The number of rotatable bonds is 3. The summed E-state index contributed by atoms with van der Waals surface area (Å²) >= 11 is 5.71. The first kappa shape index (κ1) is 12.8. The van der Waals surface area contributed by atoms with E-state index in [1.165, 1.54) is 0 Å². The Hall–Kier alpha value is -0.270. The molecule has 1 aromatic rings. The van der Waals surface area contributed by atoms with Gasteiger partial charge in [-0.1, -0.05) is 34.5 Å². The topological polar surface area (TPSA) is 20.2 Å². The molecule has 1 nitrogen and oxygen atoms in total. The van der Waals surface area contributed by atoms with Gasteiger partial charge in [0.1, 0.15) is 0 Å². The van der Waals surface area contributed by atoms with E-state index in [1.807, 2.05) is 0 Å². The standard InChI is InChI=1S/C9H7B4ClO/c10-8(11,5-9(12,13)15)6-1-3-7(14)4-2-6/h1-4,15H,5H2. The molecule has 0 amide bonds. The summed E-state index contributed by atoms with van der Waals surface area (Å²) < 4.78 is 0. The number of aliphatic hydroxyl groups is 1. The lowest BCUT2D eigenvalue weighted by Gasteiger charge is -2.33. The van der Waals surface area contributed by atoms with Gasteiger partial charge in [0.25, 0.3) is 0 Å². The number of halogens is 1. The van der Waals surface area contributed by atoms with Gasteiger partial charge in [0.2, 0.25) is 0 Å². The highest BCUT2D eigenvalue weighted by Gasteiger charge is 2.26. The van der Waals surface area contributed by atoms with Gasteiger partial charge in [0, 0.05) is 5.02 Å². The van der Waals surface area contributed by atoms with Crippen molar-refractivity contribution in [1.82, 2.24) is 0 Å². The van der Waals surface area contributed by atoms with E-state index in [4.69, 9.17) is 43.0 Å². The molecule has 0 bridgehead atoms. The van der Waals surface area contributed by atoms with Crippen molar-refractivity contribution in [1.29, 1.82) is 0 Å². The van der Waals surface area contributed by atoms with Crippen LogP contribution in [0, 0.1) is 0 Å². The van der Waals surface area contributed by atoms with Crippen LogP contribution < -0.4 is 0 Å². The number of hydrogen-bond donors (Lipinski definition) is 1. The van der Waals surface area contributed by atoms with E-state index in [0.29, 0.717) is 10.6 Å². The summed E-state index contributed by atoms with van der Waals surface area (Å²) in [5.74, 6) is 0. The molecule has 0 fully saturated rings. The van der Waals surface area contributed by atoms with Gasteiger partial charge in [-0.3, -0.25) is 0 Å². The van der Waals surface area contributed by atoms with Crippen molar-refractivity contribution in [3.63, 3.8) is 0 Å². The van der Waals surface area contributed by atoms with Gasteiger partial charge < -0.3 is 5.11 Å². The Kier molecular flexibility index (Phi) is 3.67. The van der Waals surface area contributed by atoms with Gasteiger partial charge in [-0.05, 0) is 24.0 Å². The fraction of sp³-hybridized carbons (Fsp3) is 0.333. The second kappa shape index (κ2) is 4.31. The molecule has 6 heteroatoms. The normalized spacial score (nSPS) is 12.7. The predicted octanol–water partition coefficient (Wildman–Crippen LogP) is 0.203. The molecule has 0 saturated heterocycles. The summed E-state index contributed by atoms with van der Waals surface area (Å²) in [6.45, 7) is 0. The van der Waals surface area contributed by atoms with Crippen molar-refractivity contribution in [3.05, 3.63) is 34.9 Å². The average Bonchev–Trinajstić information content (AvgIpc) is 2.00. The summed E-state index contributed by atoms with van der Waals surface area (Å²) in [7, 11) is 22.1. The maximum Gasteiger partial charge on any atom is 0.0989 e. The van der Waals surface area contributed by atoms with Gasteiger partial charge in [-0.15, -0.1) is 0 Å². The first-order valence-corrected chi connectivity index (χ1v) is 4.72. The molecule has 0 saturated carbocycles. The Balaban J connectivity index is 2.90. The van der Waals surface area contributed by atoms with Crippen LogP contribution in [-0.2, 0) is 5.21 Å². The van der Waals surface area contributed by atoms with Crippen LogP contribution >= 0.6 is 11.6 Å². The van der Waals surface area contributed by atoms with Gasteiger partial charge in [-0.2, -0.15) is 0 Å². The maximum absolute atomic E-state index is 9.24. The van der Waals surface area contributed by atoms with Gasteiger partial charge in [0.15, 0.2) is 0 Å². The predicted molar refractivity (Wildman–Crippen MR) is 65.7 cm³/mol. The van der Waals surface area contributed by atoms with E-state index in [9.17, 15) is 5.11 Å². The molecule has 0 aliphatic heterocycles. The second-order valence-electron chi connectivity index (χ2n) is 3.72. The fourth-order valence-electron chi connectivity index (χ4n) is 1.33. The van der Waals surface area contributed by atoms with Crippen LogP contribution in [0.1, 0.15) is 12.0 Å². The molecule has 0 heterocycles. The summed E-state index contributed by atoms with van der Waals surface area (Å²) in [6, 6.07) is 6.62. The zero-order valence-electron chi connectivity index (χ0n) is 8.15. The SMILES string of the molecule is [B]C([B])(O)CC([B])([B])c1ccc(Cl)cc1. The largest absolute Gasteiger partial charge is 0.409 e. The molecule has 0 aliphatic rings. The zero-order valence-corrected chi connectivity index (χ0v) is 8.91. The molecule has 0 aliphatic carbocycles. The van der Waals surface area contributed by atoms with Crippen LogP contribution in [0.2, 0.25) is 5.02 Å². The Morgan fingerprint density at radius 1 is 1.07 bits per heavy atom. The van der Waals surface area contributed by atoms with Gasteiger partial charge in [-0.25, -0.2) is 0 Å². The molecule has 0 aromatic heterocycles. The van der Waals surface area contributed by atoms with E-state index in [-0.39, 0.29) is 6.42 Å². The average molecular weight is 210 g/mol. The highest BCUT2D eigenvalue weighted by atomic mass is 35.5. The Morgan fingerprint density at radius 3 is 1.93 bits per heavy atom. The molecule has 1 aromatic carbocycles. The summed E-state index contributed by atoms with van der Waals surface area (Å²) in [5, 5.41) is 6.62.